The molecule has 1 aliphatic heterocycles. The predicted molar refractivity (Wildman–Crippen MR) is 108 cm³/mol. The maximum absolute atomic E-state index is 11.5. The Morgan fingerprint density at radius 1 is 1.36 bits per heavy atom. The molecule has 1 atom stereocenters. The lowest BCUT2D eigenvalue weighted by atomic mass is 10.2. The van der Waals surface area contributed by atoms with Crippen molar-refractivity contribution in [2.24, 2.45) is 4.99 Å². The van der Waals surface area contributed by atoms with Crippen molar-refractivity contribution in [2.45, 2.75) is 19.0 Å². The van der Waals surface area contributed by atoms with Crippen molar-refractivity contribution in [3.8, 4) is 11.5 Å². The van der Waals surface area contributed by atoms with Gasteiger partial charge in [0.25, 0.3) is 0 Å². The summed E-state index contributed by atoms with van der Waals surface area (Å²) in [4.78, 5) is 8.55. The Labute approximate surface area is 164 Å². The first-order valence-electron chi connectivity index (χ1n) is 7.73. The second kappa shape index (κ2) is 8.65. The zero-order chi connectivity index (χ0) is 17.0. The van der Waals surface area contributed by atoms with Gasteiger partial charge in [-0.05, 0) is 18.6 Å². The standard InChI is InChI=1S/C16H20N4O3S.HI/c1-17-16(20-13-7-8-24(21,22)11-13)18-9-14-10-23-15(19-14)12-5-3-2-4-6-12;/h2-6,10,13H,7-9,11H2,1H3,(H2,17,18,20);1H. The number of benzene rings is 1. The van der Waals surface area contributed by atoms with Gasteiger partial charge in [0.2, 0.25) is 5.89 Å². The van der Waals surface area contributed by atoms with Gasteiger partial charge in [0.05, 0.1) is 23.7 Å². The molecule has 0 aliphatic carbocycles. The Morgan fingerprint density at radius 2 is 2.12 bits per heavy atom. The first kappa shape index (κ1) is 19.7. The Hall–Kier alpha value is -1.62. The highest BCUT2D eigenvalue weighted by atomic mass is 127. The smallest absolute Gasteiger partial charge is 0.226 e. The number of sulfone groups is 1. The molecule has 1 aliphatic rings. The second-order valence-electron chi connectivity index (χ2n) is 5.68. The zero-order valence-corrected chi connectivity index (χ0v) is 17.0. The molecule has 1 fully saturated rings. The number of rotatable bonds is 4. The summed E-state index contributed by atoms with van der Waals surface area (Å²) in [5, 5.41) is 6.26. The van der Waals surface area contributed by atoms with Gasteiger partial charge in [-0.15, -0.1) is 24.0 Å². The van der Waals surface area contributed by atoms with E-state index in [-0.39, 0.29) is 41.5 Å². The average Bonchev–Trinajstić information content (AvgIpc) is 3.18. The molecule has 0 saturated carbocycles. The fraction of sp³-hybridized carbons (Fsp3) is 0.375. The van der Waals surface area contributed by atoms with Crippen molar-refractivity contribution in [1.82, 2.24) is 15.6 Å². The highest BCUT2D eigenvalue weighted by Gasteiger charge is 2.28. The van der Waals surface area contributed by atoms with E-state index in [1.165, 1.54) is 0 Å². The predicted octanol–water partition coefficient (Wildman–Crippen LogP) is 1.81. The first-order valence-corrected chi connectivity index (χ1v) is 9.55. The van der Waals surface area contributed by atoms with Gasteiger partial charge in [-0.3, -0.25) is 4.99 Å². The van der Waals surface area contributed by atoms with Crippen molar-refractivity contribution >= 4 is 39.8 Å². The monoisotopic (exact) mass is 476 g/mol. The van der Waals surface area contributed by atoms with E-state index in [0.29, 0.717) is 24.8 Å². The van der Waals surface area contributed by atoms with Crippen LogP contribution in [-0.4, -0.2) is 44.0 Å². The van der Waals surface area contributed by atoms with E-state index in [1.807, 2.05) is 30.3 Å². The lowest BCUT2D eigenvalue weighted by Crippen LogP contribution is -2.43. The number of hydrogen-bond acceptors (Lipinski definition) is 5. The van der Waals surface area contributed by atoms with E-state index in [4.69, 9.17) is 4.42 Å². The first-order chi connectivity index (χ1) is 11.6. The van der Waals surface area contributed by atoms with Gasteiger partial charge >= 0.3 is 0 Å². The van der Waals surface area contributed by atoms with Crippen LogP contribution in [0.2, 0.25) is 0 Å². The molecule has 2 aromatic rings. The molecule has 0 amide bonds. The van der Waals surface area contributed by atoms with Gasteiger partial charge in [-0.25, -0.2) is 13.4 Å². The summed E-state index contributed by atoms with van der Waals surface area (Å²) in [5.41, 5.74) is 1.67. The summed E-state index contributed by atoms with van der Waals surface area (Å²) in [5.74, 6) is 1.50. The van der Waals surface area contributed by atoms with Crippen molar-refractivity contribution in [2.75, 3.05) is 18.6 Å². The minimum atomic E-state index is -2.92. The number of oxazole rings is 1. The van der Waals surface area contributed by atoms with E-state index < -0.39 is 9.84 Å². The van der Waals surface area contributed by atoms with Gasteiger partial charge in [0.1, 0.15) is 6.26 Å². The molecular formula is C16H21IN4O3S. The highest BCUT2D eigenvalue weighted by Crippen LogP contribution is 2.17. The quantitative estimate of drug-likeness (QED) is 0.397. The largest absolute Gasteiger partial charge is 0.444 e. The zero-order valence-electron chi connectivity index (χ0n) is 13.8. The summed E-state index contributed by atoms with van der Waals surface area (Å²) < 4.78 is 28.5. The molecule has 2 N–H and O–H groups in total. The third-order valence-electron chi connectivity index (χ3n) is 3.81. The summed E-state index contributed by atoms with van der Waals surface area (Å²) in [6.07, 6.45) is 2.20. The van der Waals surface area contributed by atoms with Gasteiger partial charge in [0, 0.05) is 18.7 Å². The Kier molecular flexibility index (Phi) is 6.82. The van der Waals surface area contributed by atoms with E-state index in [2.05, 4.69) is 20.6 Å². The van der Waals surface area contributed by atoms with Crippen molar-refractivity contribution in [3.05, 3.63) is 42.3 Å². The summed E-state index contributed by atoms with van der Waals surface area (Å²) in [7, 11) is -1.27. The molecule has 0 spiro atoms. The maximum Gasteiger partial charge on any atom is 0.226 e. The van der Waals surface area contributed by atoms with Crippen LogP contribution in [0.4, 0.5) is 0 Å². The third kappa shape index (κ3) is 5.43. The molecule has 1 aromatic carbocycles. The van der Waals surface area contributed by atoms with Crippen LogP contribution in [-0.2, 0) is 16.4 Å². The van der Waals surface area contributed by atoms with Crippen LogP contribution in [0.15, 0.2) is 46.0 Å². The molecule has 1 unspecified atom stereocenters. The molecule has 9 heteroatoms. The maximum atomic E-state index is 11.5. The van der Waals surface area contributed by atoms with Crippen LogP contribution < -0.4 is 10.6 Å². The summed E-state index contributed by atoms with van der Waals surface area (Å²) >= 11 is 0. The molecule has 2 heterocycles. The van der Waals surface area contributed by atoms with E-state index in [0.717, 1.165) is 11.3 Å². The molecule has 25 heavy (non-hydrogen) atoms. The lowest BCUT2D eigenvalue weighted by molar-refractivity contribution is 0.572. The SMILES string of the molecule is CN=C(NCc1coc(-c2ccccc2)n1)NC1CCS(=O)(=O)C1.I. The van der Waals surface area contributed by atoms with Crippen LogP contribution in [0.3, 0.4) is 0 Å². The number of hydrogen-bond donors (Lipinski definition) is 2. The number of aliphatic imine (C=N–C) groups is 1. The van der Waals surface area contributed by atoms with Crippen LogP contribution in [0, 0.1) is 0 Å². The number of nitrogens with zero attached hydrogens (tertiary/aromatic N) is 2. The number of nitrogens with one attached hydrogen (secondary N) is 2. The van der Waals surface area contributed by atoms with Crippen molar-refractivity contribution in [1.29, 1.82) is 0 Å². The fourth-order valence-corrected chi connectivity index (χ4v) is 4.25. The highest BCUT2D eigenvalue weighted by molar-refractivity contribution is 14.0. The number of guanidine groups is 1. The van der Waals surface area contributed by atoms with Gasteiger partial charge in [0.15, 0.2) is 15.8 Å². The van der Waals surface area contributed by atoms with Crippen LogP contribution >= 0.6 is 24.0 Å². The molecule has 3 rings (SSSR count). The van der Waals surface area contributed by atoms with Gasteiger partial charge < -0.3 is 15.1 Å². The van der Waals surface area contributed by atoms with Crippen molar-refractivity contribution < 1.29 is 12.8 Å². The topological polar surface area (TPSA) is 96.6 Å². The lowest BCUT2D eigenvalue weighted by Gasteiger charge is -2.15. The third-order valence-corrected chi connectivity index (χ3v) is 5.57. The number of halogens is 1. The molecule has 136 valence electrons. The Morgan fingerprint density at radius 3 is 2.76 bits per heavy atom. The van der Waals surface area contributed by atoms with E-state index >= 15 is 0 Å². The molecular weight excluding hydrogens is 455 g/mol. The van der Waals surface area contributed by atoms with Crippen LogP contribution in [0.5, 0.6) is 0 Å². The average molecular weight is 476 g/mol. The summed E-state index contributed by atoms with van der Waals surface area (Å²) in [6, 6.07) is 9.57. The van der Waals surface area contributed by atoms with E-state index in [1.54, 1.807) is 13.3 Å². The fourth-order valence-electron chi connectivity index (χ4n) is 2.57. The van der Waals surface area contributed by atoms with Gasteiger partial charge in [-0.2, -0.15) is 0 Å². The Balaban J connectivity index is 0.00000225. The molecule has 0 bridgehead atoms. The molecule has 1 saturated heterocycles. The van der Waals surface area contributed by atoms with Gasteiger partial charge in [-0.1, -0.05) is 18.2 Å². The van der Waals surface area contributed by atoms with E-state index in [9.17, 15) is 8.42 Å². The number of aromatic nitrogens is 1. The molecule has 0 radical (unpaired) electrons. The van der Waals surface area contributed by atoms with Crippen molar-refractivity contribution in [3.63, 3.8) is 0 Å². The minimum absolute atomic E-state index is 0. The normalized spacial score (nSPS) is 19.2. The van der Waals surface area contributed by atoms with Crippen LogP contribution in [0.25, 0.3) is 11.5 Å². The second-order valence-corrected chi connectivity index (χ2v) is 7.91. The Bertz CT molecular complexity index is 821. The van der Waals surface area contributed by atoms with Crippen LogP contribution in [0.1, 0.15) is 12.1 Å². The summed E-state index contributed by atoms with van der Waals surface area (Å²) in [6.45, 7) is 0.440. The minimum Gasteiger partial charge on any atom is -0.444 e. The molecule has 7 nitrogen and oxygen atoms in total. The molecule has 1 aromatic heterocycles.